The number of nitrogens with two attached hydrogens (primary N) is 3. The molecule has 47 heavy (non-hydrogen) atoms. The second-order valence-electron chi connectivity index (χ2n) is 12.0. The SMILES string of the molecule is C=C(C)C(O)c1cc(NC(=O)[C@H](CC(C)C)NC(=O)c2cc(NC(=O)CN)ccc2OCCCCCN)ccc1OCCCCCN. The molecule has 260 valence electrons. The zero-order chi connectivity index (χ0) is 34.8. The normalized spacial score (nSPS) is 12.3. The average molecular weight is 655 g/mol. The molecule has 10 N–H and O–H groups in total. The lowest BCUT2D eigenvalue weighted by Gasteiger charge is -2.22. The van der Waals surface area contributed by atoms with Gasteiger partial charge in [-0.1, -0.05) is 20.4 Å². The fourth-order valence-electron chi connectivity index (χ4n) is 4.74. The fourth-order valence-corrected chi connectivity index (χ4v) is 4.74. The largest absolute Gasteiger partial charge is 0.493 e. The summed E-state index contributed by atoms with van der Waals surface area (Å²) in [6, 6.07) is 8.88. The Kier molecular flexibility index (Phi) is 17.5. The minimum absolute atomic E-state index is 0.0651. The molecule has 3 amide bonds. The van der Waals surface area contributed by atoms with E-state index in [-0.39, 0.29) is 18.0 Å². The summed E-state index contributed by atoms with van der Waals surface area (Å²) in [5.74, 6) is -0.506. The van der Waals surface area contributed by atoms with Crippen molar-refractivity contribution in [3.63, 3.8) is 0 Å². The Balaban J connectivity index is 2.30. The minimum atomic E-state index is -1.00. The summed E-state index contributed by atoms with van der Waals surface area (Å²) >= 11 is 0. The van der Waals surface area contributed by atoms with Crippen LogP contribution in [0.3, 0.4) is 0 Å². The second-order valence-corrected chi connectivity index (χ2v) is 12.0. The highest BCUT2D eigenvalue weighted by Crippen LogP contribution is 2.32. The molecule has 0 aliphatic heterocycles. The van der Waals surface area contributed by atoms with E-state index in [1.807, 2.05) is 13.8 Å². The summed E-state index contributed by atoms with van der Waals surface area (Å²) in [5, 5.41) is 19.3. The van der Waals surface area contributed by atoms with Crippen molar-refractivity contribution in [1.82, 2.24) is 5.32 Å². The van der Waals surface area contributed by atoms with Crippen LogP contribution >= 0.6 is 0 Å². The first kappa shape index (κ1) is 39.2. The van der Waals surface area contributed by atoms with E-state index in [0.29, 0.717) is 66.7 Å². The lowest BCUT2D eigenvalue weighted by molar-refractivity contribution is -0.118. The number of rotatable bonds is 22. The molecule has 2 aromatic rings. The third-order valence-electron chi connectivity index (χ3n) is 7.27. The smallest absolute Gasteiger partial charge is 0.255 e. The van der Waals surface area contributed by atoms with E-state index in [9.17, 15) is 19.5 Å². The highest BCUT2D eigenvalue weighted by Gasteiger charge is 2.26. The van der Waals surface area contributed by atoms with Gasteiger partial charge < -0.3 is 47.7 Å². The predicted octanol–water partition coefficient (Wildman–Crippen LogP) is 3.99. The topological polar surface area (TPSA) is 204 Å². The van der Waals surface area contributed by atoms with Crippen LogP contribution in [0.15, 0.2) is 48.6 Å². The summed E-state index contributed by atoms with van der Waals surface area (Å²) in [6.45, 7) is 11.3. The molecule has 2 rings (SSSR count). The maximum atomic E-state index is 13.7. The molecule has 0 aliphatic carbocycles. The van der Waals surface area contributed by atoms with Gasteiger partial charge >= 0.3 is 0 Å². The van der Waals surface area contributed by atoms with Gasteiger partial charge in [-0.3, -0.25) is 14.4 Å². The first-order chi connectivity index (χ1) is 22.5. The summed E-state index contributed by atoms with van der Waals surface area (Å²) in [5.41, 5.74) is 18.6. The molecule has 0 radical (unpaired) electrons. The number of aliphatic hydroxyl groups is 1. The van der Waals surface area contributed by atoms with Gasteiger partial charge in [0.25, 0.3) is 5.91 Å². The second kappa shape index (κ2) is 21.0. The Morgan fingerprint density at radius 1 is 0.830 bits per heavy atom. The highest BCUT2D eigenvalue weighted by molar-refractivity contribution is 6.03. The average Bonchev–Trinajstić information content (AvgIpc) is 3.04. The molecule has 0 heterocycles. The van der Waals surface area contributed by atoms with Gasteiger partial charge in [-0.05, 0) is 113 Å². The Hall–Kier alpha value is -3.97. The van der Waals surface area contributed by atoms with Crippen LogP contribution in [0.25, 0.3) is 0 Å². The minimum Gasteiger partial charge on any atom is -0.493 e. The molecule has 2 atom stereocenters. The Morgan fingerprint density at radius 3 is 1.96 bits per heavy atom. The van der Waals surface area contributed by atoms with E-state index < -0.39 is 29.9 Å². The van der Waals surface area contributed by atoms with Crippen LogP contribution in [0.1, 0.15) is 87.7 Å². The van der Waals surface area contributed by atoms with Crippen molar-refractivity contribution in [1.29, 1.82) is 0 Å². The predicted molar refractivity (Wildman–Crippen MR) is 186 cm³/mol. The fraction of sp³-hybridized carbons (Fsp3) is 0.514. The van der Waals surface area contributed by atoms with Gasteiger partial charge in [0.05, 0.1) is 25.3 Å². The monoisotopic (exact) mass is 654 g/mol. The van der Waals surface area contributed by atoms with Crippen LogP contribution in [0.4, 0.5) is 11.4 Å². The molecule has 0 saturated heterocycles. The molecule has 0 aliphatic rings. The van der Waals surface area contributed by atoms with E-state index in [4.69, 9.17) is 26.7 Å². The molecule has 0 saturated carbocycles. The van der Waals surface area contributed by atoms with Gasteiger partial charge in [0.1, 0.15) is 23.6 Å². The third kappa shape index (κ3) is 13.7. The molecule has 1 unspecified atom stereocenters. The first-order valence-electron chi connectivity index (χ1n) is 16.4. The van der Waals surface area contributed by atoms with E-state index in [2.05, 4.69) is 22.5 Å². The van der Waals surface area contributed by atoms with Crippen LogP contribution in [0.2, 0.25) is 0 Å². The summed E-state index contributed by atoms with van der Waals surface area (Å²) in [6.07, 6.45) is 4.50. The Bertz CT molecular complexity index is 1320. The number of anilines is 2. The number of hydrogen-bond acceptors (Lipinski definition) is 9. The number of amides is 3. The van der Waals surface area contributed by atoms with Crippen LogP contribution in [0.5, 0.6) is 11.5 Å². The number of carbonyl (C=O) groups is 3. The van der Waals surface area contributed by atoms with Gasteiger partial charge in [-0.25, -0.2) is 0 Å². The maximum Gasteiger partial charge on any atom is 0.255 e. The zero-order valence-electron chi connectivity index (χ0n) is 28.1. The van der Waals surface area contributed by atoms with Crippen molar-refractivity contribution in [2.24, 2.45) is 23.1 Å². The van der Waals surface area contributed by atoms with Crippen molar-refractivity contribution in [3.8, 4) is 11.5 Å². The standard InChI is InChI=1S/C35H54N6O6/c1-23(2)19-29(35(45)40-26-12-13-30(46-17-9-5-7-15-36)27(20-26)33(43)24(3)4)41-34(44)28-21-25(39-32(42)22-38)11-14-31(28)47-18-10-6-8-16-37/h11-14,20-21,23,29,33,43H,3,5-10,15-19,22,36-38H2,1-2,4H3,(H,39,42)(H,40,45)(H,41,44)/t29-,33?/m0/s1. The lowest BCUT2D eigenvalue weighted by atomic mass is 10.0. The van der Waals surface area contributed by atoms with Crippen molar-refractivity contribution in [2.75, 3.05) is 43.5 Å². The Morgan fingerprint density at radius 2 is 1.40 bits per heavy atom. The molecule has 0 aromatic heterocycles. The number of ether oxygens (including phenoxy) is 2. The Labute approximate surface area is 278 Å². The van der Waals surface area contributed by atoms with Gasteiger partial charge in [0.15, 0.2) is 0 Å². The number of unbranched alkanes of at least 4 members (excludes halogenated alkanes) is 4. The van der Waals surface area contributed by atoms with E-state index >= 15 is 0 Å². The van der Waals surface area contributed by atoms with Gasteiger partial charge in [0, 0.05) is 16.9 Å². The maximum absolute atomic E-state index is 13.7. The van der Waals surface area contributed by atoms with Crippen molar-refractivity contribution in [3.05, 3.63) is 59.7 Å². The van der Waals surface area contributed by atoms with E-state index in [1.165, 1.54) is 6.07 Å². The third-order valence-corrected chi connectivity index (χ3v) is 7.27. The summed E-state index contributed by atoms with van der Waals surface area (Å²) in [7, 11) is 0. The number of aliphatic hydroxyl groups excluding tert-OH is 1. The molecular weight excluding hydrogens is 600 g/mol. The molecule has 0 spiro atoms. The molecule has 0 bridgehead atoms. The summed E-state index contributed by atoms with van der Waals surface area (Å²) in [4.78, 5) is 39.3. The van der Waals surface area contributed by atoms with Crippen molar-refractivity contribution >= 4 is 29.1 Å². The van der Waals surface area contributed by atoms with Crippen LogP contribution in [-0.4, -0.2) is 61.7 Å². The van der Waals surface area contributed by atoms with Crippen LogP contribution in [-0.2, 0) is 9.59 Å². The number of nitrogens with one attached hydrogen (secondary N) is 3. The molecule has 0 fully saturated rings. The zero-order valence-corrected chi connectivity index (χ0v) is 28.1. The lowest BCUT2D eigenvalue weighted by Crippen LogP contribution is -2.44. The van der Waals surface area contributed by atoms with Crippen molar-refractivity contribution in [2.45, 2.75) is 77.9 Å². The van der Waals surface area contributed by atoms with Gasteiger partial charge in [-0.2, -0.15) is 0 Å². The highest BCUT2D eigenvalue weighted by atomic mass is 16.5. The van der Waals surface area contributed by atoms with Crippen LogP contribution in [0, 0.1) is 5.92 Å². The number of carbonyl (C=O) groups excluding carboxylic acids is 3. The number of hydrogen-bond donors (Lipinski definition) is 7. The molecule has 12 nitrogen and oxygen atoms in total. The molecule has 2 aromatic carbocycles. The van der Waals surface area contributed by atoms with Gasteiger partial charge in [-0.15, -0.1) is 0 Å². The summed E-state index contributed by atoms with van der Waals surface area (Å²) < 4.78 is 11.9. The van der Waals surface area contributed by atoms with Crippen molar-refractivity contribution < 1.29 is 29.0 Å². The van der Waals surface area contributed by atoms with Gasteiger partial charge in [0.2, 0.25) is 11.8 Å². The first-order valence-corrected chi connectivity index (χ1v) is 16.4. The van der Waals surface area contributed by atoms with E-state index in [0.717, 1.165) is 38.5 Å². The van der Waals surface area contributed by atoms with E-state index in [1.54, 1.807) is 37.3 Å². The molecule has 12 heteroatoms. The number of benzene rings is 2. The quantitative estimate of drug-likeness (QED) is 0.0723. The van der Waals surface area contributed by atoms with Crippen LogP contribution < -0.4 is 42.6 Å². The molecular formula is C35H54N6O6.